The topological polar surface area (TPSA) is 65.4 Å². The second kappa shape index (κ2) is 17.7. The summed E-state index contributed by atoms with van der Waals surface area (Å²) in [5.74, 6) is 3.78. The zero-order valence-corrected chi connectivity index (χ0v) is 30.8. The number of esters is 1. The fraction of sp³-hybridized carbons (Fsp3) is 0.535. The first kappa shape index (κ1) is 37.2. The van der Waals surface area contributed by atoms with Gasteiger partial charge in [-0.25, -0.2) is 4.79 Å². The van der Waals surface area contributed by atoms with E-state index >= 15 is 0 Å². The van der Waals surface area contributed by atoms with Gasteiger partial charge < -0.3 is 15.2 Å². The van der Waals surface area contributed by atoms with Crippen molar-refractivity contribution in [2.75, 3.05) is 5.73 Å². The molecule has 0 bridgehead atoms. The third kappa shape index (κ3) is 11.5. The smallest absolute Gasteiger partial charge is 0.378 e. The van der Waals surface area contributed by atoms with E-state index in [1.807, 2.05) is 78.5 Å². The largest absolute Gasteiger partial charge is 0.487 e. The molecule has 2 heterocycles. The van der Waals surface area contributed by atoms with Gasteiger partial charge in [-0.1, -0.05) is 96.9 Å². The number of anilines is 1. The highest BCUT2D eigenvalue weighted by Crippen LogP contribution is 2.42. The van der Waals surface area contributed by atoms with Gasteiger partial charge in [0.1, 0.15) is 17.1 Å². The van der Waals surface area contributed by atoms with Gasteiger partial charge in [0.05, 0.1) is 0 Å². The predicted molar refractivity (Wildman–Crippen MR) is 200 cm³/mol. The van der Waals surface area contributed by atoms with E-state index in [2.05, 4.69) is 41.5 Å². The molecule has 0 spiro atoms. The van der Waals surface area contributed by atoms with Crippen LogP contribution >= 0.6 is 0 Å². The zero-order valence-electron chi connectivity index (χ0n) is 30.8. The molecule has 1 aromatic heterocycles. The Balaban J connectivity index is 1.23. The summed E-state index contributed by atoms with van der Waals surface area (Å²) in [5, 5.41) is 0. The molecule has 260 valence electrons. The van der Waals surface area contributed by atoms with Gasteiger partial charge in [-0.05, 0) is 110 Å². The van der Waals surface area contributed by atoms with Crippen LogP contribution in [0.15, 0.2) is 54.9 Å². The van der Waals surface area contributed by atoms with Gasteiger partial charge in [0.15, 0.2) is 12.4 Å². The molecule has 0 fully saturated rings. The summed E-state index contributed by atoms with van der Waals surface area (Å²) in [6.07, 6.45) is 21.5. The third-order valence-corrected chi connectivity index (χ3v) is 10.3. The number of carbonyl (C=O) groups is 1. The summed E-state index contributed by atoms with van der Waals surface area (Å²) >= 11 is 0. The number of rotatable bonds is 17. The number of benzene rings is 2. The van der Waals surface area contributed by atoms with Gasteiger partial charge in [0.25, 0.3) is 0 Å². The van der Waals surface area contributed by atoms with Crippen molar-refractivity contribution in [3.05, 3.63) is 82.7 Å². The molecule has 5 heteroatoms. The molecular formula is C43H61N2O3+. The molecule has 3 unspecified atom stereocenters. The molecule has 1 aliphatic heterocycles. The van der Waals surface area contributed by atoms with Gasteiger partial charge in [0.2, 0.25) is 6.54 Å². The number of nitrogens with two attached hydrogens (primary N) is 1. The first-order valence-corrected chi connectivity index (χ1v) is 18.5. The first-order chi connectivity index (χ1) is 22.9. The van der Waals surface area contributed by atoms with Crippen molar-refractivity contribution in [3.63, 3.8) is 0 Å². The maximum absolute atomic E-state index is 13.0. The van der Waals surface area contributed by atoms with E-state index in [9.17, 15) is 4.79 Å². The van der Waals surface area contributed by atoms with Crippen molar-refractivity contribution >= 4 is 23.8 Å². The van der Waals surface area contributed by atoms with E-state index in [1.54, 1.807) is 0 Å². The summed E-state index contributed by atoms with van der Waals surface area (Å²) in [6.45, 7) is 16.0. The van der Waals surface area contributed by atoms with E-state index in [0.29, 0.717) is 5.75 Å². The third-order valence-electron chi connectivity index (χ3n) is 10.3. The molecule has 0 saturated carbocycles. The number of nitrogens with zero attached hydrogens (tertiary/aromatic N) is 1. The summed E-state index contributed by atoms with van der Waals surface area (Å²) in [6, 6.07) is 13.8. The number of nitrogen functional groups attached to an aromatic ring is 1. The average molecular weight is 654 g/mol. The van der Waals surface area contributed by atoms with Gasteiger partial charge >= 0.3 is 5.97 Å². The highest BCUT2D eigenvalue weighted by Gasteiger charge is 2.33. The molecule has 0 amide bonds. The number of aromatic nitrogens is 1. The molecule has 3 aromatic rings. The Bertz CT molecular complexity index is 1490. The number of hydrogen-bond acceptors (Lipinski definition) is 4. The fourth-order valence-corrected chi connectivity index (χ4v) is 6.83. The lowest BCUT2D eigenvalue weighted by Gasteiger charge is -2.37. The predicted octanol–water partition coefficient (Wildman–Crippen LogP) is 10.5. The van der Waals surface area contributed by atoms with E-state index in [-0.39, 0.29) is 18.1 Å². The van der Waals surface area contributed by atoms with E-state index < -0.39 is 0 Å². The van der Waals surface area contributed by atoms with E-state index in [0.717, 1.165) is 76.3 Å². The van der Waals surface area contributed by atoms with Crippen LogP contribution in [-0.4, -0.2) is 11.6 Å². The van der Waals surface area contributed by atoms with Crippen LogP contribution < -0.4 is 19.8 Å². The molecule has 2 N–H and O–H groups in total. The van der Waals surface area contributed by atoms with Crippen LogP contribution in [0.2, 0.25) is 0 Å². The normalized spacial score (nSPS) is 17.2. The maximum Gasteiger partial charge on any atom is 0.378 e. The number of hydrogen-bond donors (Lipinski definition) is 1. The minimum absolute atomic E-state index is 0.141. The lowest BCUT2D eigenvalue weighted by Crippen LogP contribution is -2.39. The van der Waals surface area contributed by atoms with Crippen molar-refractivity contribution in [2.45, 2.75) is 131 Å². The van der Waals surface area contributed by atoms with Gasteiger partial charge in [0, 0.05) is 17.8 Å². The minimum Gasteiger partial charge on any atom is -0.487 e. The molecule has 5 nitrogen and oxygen atoms in total. The second-order valence-corrected chi connectivity index (χ2v) is 15.3. The van der Waals surface area contributed by atoms with Crippen LogP contribution in [0.5, 0.6) is 11.5 Å². The van der Waals surface area contributed by atoms with Gasteiger partial charge in [-0.2, -0.15) is 4.57 Å². The zero-order chi connectivity index (χ0) is 34.7. The average Bonchev–Trinajstić information content (AvgIpc) is 3.04. The standard InChI is InChI=1S/C43H60N2O3/c1-31(2)11-8-12-32(3)13-9-14-33(4)15-10-25-43(7)26-22-38-29-40(34(5)35(6)42(38)48-43)47-41(46)30-45-27-23-37(24-28-45)17-16-36-18-20-39(44)21-19-36/h16-21,23-24,27-29,31-33,44H,8-15,22,25-26,30H2,1-7H3/p+1. The lowest BCUT2D eigenvalue weighted by molar-refractivity contribution is -0.685. The quantitative estimate of drug-likeness (QED) is 0.0681. The van der Waals surface area contributed by atoms with Gasteiger partial charge in [-0.15, -0.1) is 0 Å². The molecule has 0 radical (unpaired) electrons. The SMILES string of the molecule is Cc1c(OC(=O)C[n+]2ccc(/C=C/c3ccc(N)cc3)cc2)cc2c(c1C)OC(C)(CCCC(C)CCCC(C)CCCC(C)C)CC2. The second-order valence-electron chi connectivity index (χ2n) is 15.3. The lowest BCUT2D eigenvalue weighted by atomic mass is 9.85. The van der Waals surface area contributed by atoms with Crippen LogP contribution in [0, 0.1) is 31.6 Å². The number of fused-ring (bicyclic) bond motifs is 1. The Kier molecular flexibility index (Phi) is 13.7. The number of pyridine rings is 1. The Morgan fingerprint density at radius 2 is 1.46 bits per heavy atom. The van der Waals surface area contributed by atoms with Crippen LogP contribution in [0.3, 0.4) is 0 Å². The molecule has 1 aliphatic rings. The van der Waals surface area contributed by atoms with Gasteiger partial charge in [-0.3, -0.25) is 0 Å². The van der Waals surface area contributed by atoms with Crippen LogP contribution in [0.4, 0.5) is 5.69 Å². The number of aryl methyl sites for hydroxylation is 1. The summed E-state index contributed by atoms with van der Waals surface area (Å²) in [5.41, 5.74) is 11.7. The van der Waals surface area contributed by atoms with Crippen LogP contribution in [0.25, 0.3) is 12.2 Å². The van der Waals surface area contributed by atoms with Crippen molar-refractivity contribution in [1.29, 1.82) is 0 Å². The molecule has 0 aliphatic carbocycles. The fourth-order valence-electron chi connectivity index (χ4n) is 6.83. The highest BCUT2D eigenvalue weighted by atomic mass is 16.5. The van der Waals surface area contributed by atoms with Crippen LogP contribution in [0.1, 0.15) is 127 Å². The molecular weight excluding hydrogens is 592 g/mol. The first-order valence-electron chi connectivity index (χ1n) is 18.5. The van der Waals surface area contributed by atoms with Crippen molar-refractivity contribution < 1.29 is 18.8 Å². The Morgan fingerprint density at radius 3 is 2.08 bits per heavy atom. The molecule has 48 heavy (non-hydrogen) atoms. The molecule has 4 rings (SSSR count). The number of carbonyl (C=O) groups excluding carboxylic acids is 1. The van der Waals surface area contributed by atoms with E-state index in [1.165, 1.54) is 51.4 Å². The Hall–Kier alpha value is -3.60. The summed E-state index contributed by atoms with van der Waals surface area (Å²) in [7, 11) is 0. The molecule has 2 aromatic carbocycles. The highest BCUT2D eigenvalue weighted by molar-refractivity contribution is 5.72. The Morgan fingerprint density at radius 1 is 0.875 bits per heavy atom. The van der Waals surface area contributed by atoms with Crippen molar-refractivity contribution in [1.82, 2.24) is 0 Å². The number of ether oxygens (including phenoxy) is 2. The summed E-state index contributed by atoms with van der Waals surface area (Å²) < 4.78 is 14.5. The summed E-state index contributed by atoms with van der Waals surface area (Å²) in [4.78, 5) is 13.0. The molecule has 0 saturated heterocycles. The van der Waals surface area contributed by atoms with Crippen molar-refractivity contribution in [3.8, 4) is 11.5 Å². The van der Waals surface area contributed by atoms with E-state index in [4.69, 9.17) is 15.2 Å². The molecule has 3 atom stereocenters. The van der Waals surface area contributed by atoms with Crippen LogP contribution in [-0.2, 0) is 17.8 Å². The maximum atomic E-state index is 13.0. The monoisotopic (exact) mass is 653 g/mol. The Labute approximate surface area is 290 Å². The van der Waals surface area contributed by atoms with Crippen molar-refractivity contribution in [2.24, 2.45) is 17.8 Å². The minimum atomic E-state index is -0.288.